The van der Waals surface area contributed by atoms with Gasteiger partial charge in [-0.3, -0.25) is 10.1 Å². The van der Waals surface area contributed by atoms with Crippen molar-refractivity contribution in [2.45, 2.75) is 19.8 Å². The maximum absolute atomic E-state index is 11.1. The van der Waals surface area contributed by atoms with Crippen molar-refractivity contribution >= 4 is 38.9 Å². The molecule has 0 aliphatic carbocycles. The van der Waals surface area contributed by atoms with Gasteiger partial charge in [-0.15, -0.1) is 0 Å². The van der Waals surface area contributed by atoms with Crippen LogP contribution in [0.4, 0.5) is 11.4 Å². The molecule has 18 heavy (non-hydrogen) atoms. The fraction of sp³-hybridized carbons (Fsp3) is 0.500. The van der Waals surface area contributed by atoms with E-state index in [4.69, 9.17) is 11.6 Å². The van der Waals surface area contributed by atoms with Crippen LogP contribution in [0.3, 0.4) is 0 Å². The van der Waals surface area contributed by atoms with E-state index in [1.807, 2.05) is 0 Å². The highest BCUT2D eigenvalue weighted by Gasteiger charge is 2.26. The van der Waals surface area contributed by atoms with E-state index < -0.39 is 0 Å². The Morgan fingerprint density at radius 1 is 1.44 bits per heavy atom. The van der Waals surface area contributed by atoms with Gasteiger partial charge in [0.25, 0.3) is 5.69 Å². The number of benzene rings is 1. The number of rotatable bonds is 2. The summed E-state index contributed by atoms with van der Waals surface area (Å²) in [6, 6.07) is 3.13. The first kappa shape index (κ1) is 13.6. The molecule has 0 atom stereocenters. The summed E-state index contributed by atoms with van der Waals surface area (Å²) < 4.78 is 0.691. The third-order valence-corrected chi connectivity index (χ3v) is 4.13. The van der Waals surface area contributed by atoms with Gasteiger partial charge in [0, 0.05) is 28.7 Å². The highest BCUT2D eigenvalue weighted by Crippen LogP contribution is 2.40. The molecule has 0 spiro atoms. The zero-order valence-corrected chi connectivity index (χ0v) is 12.4. The van der Waals surface area contributed by atoms with Gasteiger partial charge in [-0.05, 0) is 40.8 Å². The molecule has 1 aliphatic heterocycles. The van der Waals surface area contributed by atoms with Crippen LogP contribution in [0.5, 0.6) is 0 Å². The summed E-state index contributed by atoms with van der Waals surface area (Å²) in [4.78, 5) is 12.8. The maximum atomic E-state index is 11.1. The lowest BCUT2D eigenvalue weighted by Crippen LogP contribution is -2.33. The van der Waals surface area contributed by atoms with Crippen molar-refractivity contribution in [1.29, 1.82) is 0 Å². The molecule has 98 valence electrons. The number of hydrogen-bond acceptors (Lipinski definition) is 3. The molecule has 6 heteroatoms. The minimum Gasteiger partial charge on any atom is -0.365 e. The van der Waals surface area contributed by atoms with Crippen LogP contribution in [0.25, 0.3) is 0 Å². The van der Waals surface area contributed by atoms with E-state index in [0.29, 0.717) is 21.1 Å². The summed E-state index contributed by atoms with van der Waals surface area (Å²) in [7, 11) is 0. The van der Waals surface area contributed by atoms with Crippen LogP contribution >= 0.6 is 27.5 Å². The SMILES string of the molecule is CC1CCN(c2c(Br)cc(Cl)cc2[N+](=O)[O-])CC1. The summed E-state index contributed by atoms with van der Waals surface area (Å²) in [6.45, 7) is 3.91. The Morgan fingerprint density at radius 2 is 2.06 bits per heavy atom. The number of anilines is 1. The lowest BCUT2D eigenvalue weighted by atomic mass is 9.98. The Kier molecular flexibility index (Phi) is 4.12. The monoisotopic (exact) mass is 332 g/mol. The molecule has 0 saturated carbocycles. The molecule has 1 fully saturated rings. The minimum absolute atomic E-state index is 0.0731. The van der Waals surface area contributed by atoms with Gasteiger partial charge in [0.05, 0.1) is 4.92 Å². The first-order valence-corrected chi connectivity index (χ1v) is 7.04. The van der Waals surface area contributed by atoms with Crippen molar-refractivity contribution < 1.29 is 4.92 Å². The first-order chi connectivity index (χ1) is 8.49. The largest absolute Gasteiger partial charge is 0.365 e. The number of nitro groups is 1. The van der Waals surface area contributed by atoms with Gasteiger partial charge in [0.1, 0.15) is 5.69 Å². The Balaban J connectivity index is 2.39. The van der Waals surface area contributed by atoms with E-state index in [9.17, 15) is 10.1 Å². The molecule has 1 aromatic rings. The highest BCUT2D eigenvalue weighted by atomic mass is 79.9. The third-order valence-electron chi connectivity index (χ3n) is 3.30. The molecule has 4 nitrogen and oxygen atoms in total. The van der Waals surface area contributed by atoms with Crippen molar-refractivity contribution in [1.82, 2.24) is 0 Å². The molecule has 0 aromatic heterocycles. The van der Waals surface area contributed by atoms with Crippen LogP contribution in [0, 0.1) is 16.0 Å². The van der Waals surface area contributed by atoms with Gasteiger partial charge in [-0.25, -0.2) is 0 Å². The summed E-state index contributed by atoms with van der Waals surface area (Å²) in [6.07, 6.45) is 2.12. The lowest BCUT2D eigenvalue weighted by Gasteiger charge is -2.32. The highest BCUT2D eigenvalue weighted by molar-refractivity contribution is 9.10. The van der Waals surface area contributed by atoms with Crippen molar-refractivity contribution in [2.75, 3.05) is 18.0 Å². The van der Waals surface area contributed by atoms with Gasteiger partial charge in [0.15, 0.2) is 0 Å². The molecular weight excluding hydrogens is 320 g/mol. The fourth-order valence-corrected chi connectivity index (χ4v) is 3.28. The molecular formula is C12H14BrClN2O2. The van der Waals surface area contributed by atoms with Crippen LogP contribution in [0.2, 0.25) is 5.02 Å². The summed E-state index contributed by atoms with van der Waals surface area (Å²) in [5, 5.41) is 11.5. The van der Waals surface area contributed by atoms with E-state index in [0.717, 1.165) is 25.9 Å². The van der Waals surface area contributed by atoms with E-state index in [1.54, 1.807) is 6.07 Å². The van der Waals surface area contributed by atoms with Gasteiger partial charge < -0.3 is 4.90 Å². The zero-order valence-electron chi connectivity index (χ0n) is 10.0. The van der Waals surface area contributed by atoms with Crippen LogP contribution in [0.1, 0.15) is 19.8 Å². The van der Waals surface area contributed by atoms with Crippen molar-refractivity contribution in [3.05, 3.63) is 31.7 Å². The van der Waals surface area contributed by atoms with Gasteiger partial charge >= 0.3 is 0 Å². The van der Waals surface area contributed by atoms with Gasteiger partial charge in [-0.1, -0.05) is 18.5 Å². The molecule has 1 aromatic carbocycles. The molecule has 1 saturated heterocycles. The fourth-order valence-electron chi connectivity index (χ4n) is 2.24. The first-order valence-electron chi connectivity index (χ1n) is 5.87. The molecule has 0 unspecified atom stereocenters. The van der Waals surface area contributed by atoms with Crippen molar-refractivity contribution in [3.63, 3.8) is 0 Å². The molecule has 0 bridgehead atoms. The quantitative estimate of drug-likeness (QED) is 0.600. The van der Waals surface area contributed by atoms with Crippen LogP contribution in [0.15, 0.2) is 16.6 Å². The Hall–Kier alpha value is -0.810. The second-order valence-corrected chi connectivity index (χ2v) is 5.97. The zero-order chi connectivity index (χ0) is 13.3. The second kappa shape index (κ2) is 5.45. The predicted molar refractivity (Wildman–Crippen MR) is 76.4 cm³/mol. The van der Waals surface area contributed by atoms with Crippen molar-refractivity contribution in [2.24, 2.45) is 5.92 Å². The maximum Gasteiger partial charge on any atom is 0.295 e. The van der Waals surface area contributed by atoms with Crippen LogP contribution in [-0.2, 0) is 0 Å². The Bertz CT molecular complexity index is 473. The number of piperidine rings is 1. The second-order valence-electron chi connectivity index (χ2n) is 4.68. The standard InChI is InChI=1S/C12H14BrClN2O2/c1-8-2-4-15(5-3-8)12-10(13)6-9(14)7-11(12)16(17)18/h6-8H,2-5H2,1H3. The summed E-state index contributed by atoms with van der Waals surface area (Å²) in [5.74, 6) is 0.686. The molecule has 0 radical (unpaired) electrons. The Morgan fingerprint density at radius 3 is 2.61 bits per heavy atom. The normalized spacial score (nSPS) is 16.9. The van der Waals surface area contributed by atoms with Gasteiger partial charge in [-0.2, -0.15) is 0 Å². The molecule has 1 aliphatic rings. The minimum atomic E-state index is -0.371. The van der Waals surface area contributed by atoms with Gasteiger partial charge in [0.2, 0.25) is 0 Å². The third kappa shape index (κ3) is 2.78. The molecule has 1 heterocycles. The van der Waals surface area contributed by atoms with Crippen molar-refractivity contribution in [3.8, 4) is 0 Å². The average Bonchev–Trinajstić information content (AvgIpc) is 2.29. The lowest BCUT2D eigenvalue weighted by molar-refractivity contribution is -0.384. The molecule has 0 amide bonds. The predicted octanol–water partition coefficient (Wildman–Crippen LogP) is 4.25. The molecule has 0 N–H and O–H groups in total. The van der Waals surface area contributed by atoms with E-state index in [2.05, 4.69) is 27.8 Å². The number of nitro benzene ring substituents is 1. The number of hydrogen-bond donors (Lipinski definition) is 0. The van der Waals surface area contributed by atoms with Crippen LogP contribution < -0.4 is 4.90 Å². The summed E-state index contributed by atoms with van der Waals surface area (Å²) in [5.41, 5.74) is 0.722. The summed E-state index contributed by atoms with van der Waals surface area (Å²) >= 11 is 9.26. The number of halogens is 2. The average molecular weight is 334 g/mol. The van der Waals surface area contributed by atoms with Crippen LogP contribution in [-0.4, -0.2) is 18.0 Å². The molecule has 2 rings (SSSR count). The number of nitrogens with zero attached hydrogens (tertiary/aromatic N) is 2. The van der Waals surface area contributed by atoms with E-state index in [1.165, 1.54) is 6.07 Å². The smallest absolute Gasteiger partial charge is 0.295 e. The topological polar surface area (TPSA) is 46.4 Å². The Labute approximate surface area is 119 Å². The van der Waals surface area contributed by atoms with E-state index in [-0.39, 0.29) is 10.6 Å². The van der Waals surface area contributed by atoms with E-state index >= 15 is 0 Å².